The summed E-state index contributed by atoms with van der Waals surface area (Å²) >= 11 is 0. The van der Waals surface area contributed by atoms with Crippen LogP contribution >= 0.6 is 0 Å². The van der Waals surface area contributed by atoms with Crippen LogP contribution in [0.5, 0.6) is 0 Å². The van der Waals surface area contributed by atoms with E-state index >= 15 is 0 Å². The van der Waals surface area contributed by atoms with Crippen LogP contribution in [-0.4, -0.2) is 18.9 Å². The van der Waals surface area contributed by atoms with Gasteiger partial charge in [0.2, 0.25) is 0 Å². The van der Waals surface area contributed by atoms with Crippen LogP contribution in [0.1, 0.15) is 0 Å². The second kappa shape index (κ2) is 62.4. The summed E-state index contributed by atoms with van der Waals surface area (Å²) in [6.45, 7) is 0. The molecule has 0 aliphatic rings. The quantitative estimate of drug-likeness (QED) is 0.328. The van der Waals surface area contributed by atoms with Gasteiger partial charge in [-0.1, -0.05) is 0 Å². The van der Waals surface area contributed by atoms with Crippen LogP contribution in [0, 0.1) is 22.3 Å². The molecule has 0 bridgehead atoms. The van der Waals surface area contributed by atoms with Crippen molar-refractivity contribution < 1.29 is 19.5 Å². The van der Waals surface area contributed by atoms with Crippen molar-refractivity contribution in [3.63, 3.8) is 0 Å². The van der Waals surface area contributed by atoms with Crippen LogP contribution in [-0.2, 0) is 19.5 Å². The molecular formula is C3H9LiZn-3. The van der Waals surface area contributed by atoms with Crippen molar-refractivity contribution in [3.05, 3.63) is 22.3 Å². The van der Waals surface area contributed by atoms with Gasteiger partial charge in [-0.2, -0.15) is 0 Å². The Morgan fingerprint density at radius 1 is 0.600 bits per heavy atom. The van der Waals surface area contributed by atoms with Gasteiger partial charge in [0, 0.05) is 38.3 Å². The van der Waals surface area contributed by atoms with E-state index < -0.39 is 0 Å². The summed E-state index contributed by atoms with van der Waals surface area (Å²) in [6.07, 6.45) is 0. The molecule has 0 N–H and O–H groups in total. The largest absolute Gasteiger partial charge is 0.358 e. The van der Waals surface area contributed by atoms with Gasteiger partial charge in [-0.3, -0.25) is 0 Å². The fourth-order valence-electron chi connectivity index (χ4n) is 0. The number of hydrogen-bond acceptors (Lipinski definition) is 0. The molecule has 0 atom stereocenters. The first-order valence-corrected chi connectivity index (χ1v) is 0. The molecule has 0 unspecified atom stereocenters. The van der Waals surface area contributed by atoms with Gasteiger partial charge >= 0.3 is 0 Å². The first-order chi connectivity index (χ1) is 0. The Hall–Kier alpha value is 1.22. The van der Waals surface area contributed by atoms with Crippen molar-refractivity contribution in [2.45, 2.75) is 0 Å². The van der Waals surface area contributed by atoms with Crippen LogP contribution in [0.4, 0.5) is 0 Å². The van der Waals surface area contributed by atoms with E-state index in [0.29, 0.717) is 0 Å². The summed E-state index contributed by atoms with van der Waals surface area (Å²) in [4.78, 5) is 0. The molecule has 0 rings (SSSR count). The molecule has 0 aliphatic heterocycles. The second-order valence-corrected chi connectivity index (χ2v) is 0. The zero-order valence-corrected chi connectivity index (χ0v) is 7.67. The standard InChI is InChI=1S/3CH3.Li.Zn/h3*1H3;;/q3*-1;;. The Kier molecular flexibility index (Phi) is 1420. The average Bonchev–Trinajstić information content (AvgIpc) is 0. The van der Waals surface area contributed by atoms with Crippen molar-refractivity contribution in [1.82, 2.24) is 0 Å². The fraction of sp³-hybridized carbons (Fsp3) is 0. The third-order valence-electron chi connectivity index (χ3n) is 0. The maximum atomic E-state index is 0. The fourth-order valence-corrected chi connectivity index (χ4v) is 0. The molecule has 2 heteroatoms. The van der Waals surface area contributed by atoms with E-state index in [1.165, 1.54) is 0 Å². The Bertz CT molecular complexity index is 6.85. The third-order valence-corrected chi connectivity index (χ3v) is 0. The summed E-state index contributed by atoms with van der Waals surface area (Å²) in [6, 6.07) is 0. The van der Waals surface area contributed by atoms with Gasteiger partial charge in [0.05, 0.1) is 0 Å². The van der Waals surface area contributed by atoms with E-state index in [2.05, 4.69) is 0 Å². The Morgan fingerprint density at radius 3 is 0.600 bits per heavy atom. The zero-order chi connectivity index (χ0) is 0. The van der Waals surface area contributed by atoms with E-state index in [-0.39, 0.29) is 60.6 Å². The monoisotopic (exact) mass is 116 g/mol. The number of rotatable bonds is 0. The van der Waals surface area contributed by atoms with Gasteiger partial charge in [0.15, 0.2) is 0 Å². The summed E-state index contributed by atoms with van der Waals surface area (Å²) in [7, 11) is 0. The average molecular weight is 117 g/mol. The van der Waals surface area contributed by atoms with Crippen molar-refractivity contribution in [2.24, 2.45) is 0 Å². The van der Waals surface area contributed by atoms with Crippen LogP contribution in [0.15, 0.2) is 0 Å². The van der Waals surface area contributed by atoms with E-state index in [1.54, 1.807) is 0 Å². The molecule has 27 valence electrons. The van der Waals surface area contributed by atoms with Gasteiger partial charge < -0.3 is 22.3 Å². The predicted octanol–water partition coefficient (Wildman–Crippen LogP) is 0.968. The Balaban J connectivity index is 0. The third kappa shape index (κ3) is 36.3. The maximum absolute atomic E-state index is 0. The Labute approximate surface area is 60.7 Å². The molecule has 0 aromatic carbocycles. The van der Waals surface area contributed by atoms with Crippen LogP contribution in [0.3, 0.4) is 0 Å². The molecule has 0 spiro atoms. The smallest absolute Gasteiger partial charge is 0 e. The molecule has 0 saturated carbocycles. The molecule has 0 aromatic heterocycles. The summed E-state index contributed by atoms with van der Waals surface area (Å²) in [5.41, 5.74) is 0. The molecule has 0 fully saturated rings. The van der Waals surface area contributed by atoms with Gasteiger partial charge in [-0.15, -0.1) is 0 Å². The van der Waals surface area contributed by atoms with Gasteiger partial charge in [0.1, 0.15) is 0 Å². The minimum Gasteiger partial charge on any atom is -0.358 e. The molecule has 1 radical (unpaired) electrons. The summed E-state index contributed by atoms with van der Waals surface area (Å²) < 4.78 is 0. The van der Waals surface area contributed by atoms with E-state index in [4.69, 9.17) is 0 Å². The van der Waals surface area contributed by atoms with Gasteiger partial charge in [0.25, 0.3) is 0 Å². The van der Waals surface area contributed by atoms with E-state index in [0.717, 1.165) is 0 Å². The van der Waals surface area contributed by atoms with Crippen molar-refractivity contribution in [2.75, 3.05) is 0 Å². The molecular weight excluding hydrogens is 108 g/mol. The summed E-state index contributed by atoms with van der Waals surface area (Å²) in [5.74, 6) is 0. The van der Waals surface area contributed by atoms with E-state index in [9.17, 15) is 0 Å². The molecule has 0 saturated heterocycles. The molecule has 0 nitrogen and oxygen atoms in total. The first kappa shape index (κ1) is 114. The molecule has 0 amide bonds. The molecule has 0 aromatic rings. The SMILES string of the molecule is [CH3-].[CH3-].[CH3-].[Li].[Zn]. The number of hydrogen-bond donors (Lipinski definition) is 0. The van der Waals surface area contributed by atoms with Crippen LogP contribution in [0.2, 0.25) is 0 Å². The minimum atomic E-state index is 0. The predicted molar refractivity (Wildman–Crippen MR) is 25.0 cm³/mol. The topological polar surface area (TPSA) is 0 Å². The maximum Gasteiger partial charge on any atom is 0 e. The van der Waals surface area contributed by atoms with E-state index in [1.807, 2.05) is 0 Å². The van der Waals surface area contributed by atoms with Gasteiger partial charge in [-0.25, -0.2) is 0 Å². The van der Waals surface area contributed by atoms with Crippen molar-refractivity contribution in [3.8, 4) is 0 Å². The normalized spacial score (nSPS) is 0. The molecule has 0 aliphatic carbocycles. The van der Waals surface area contributed by atoms with Crippen molar-refractivity contribution >= 4 is 18.9 Å². The first-order valence-electron chi connectivity index (χ1n) is 0. The van der Waals surface area contributed by atoms with Crippen molar-refractivity contribution in [1.29, 1.82) is 0 Å². The van der Waals surface area contributed by atoms with Crippen LogP contribution in [0.25, 0.3) is 0 Å². The molecule has 5 heavy (non-hydrogen) atoms. The Morgan fingerprint density at radius 2 is 0.600 bits per heavy atom. The molecule has 0 heterocycles. The van der Waals surface area contributed by atoms with Crippen LogP contribution < -0.4 is 0 Å². The second-order valence-electron chi connectivity index (χ2n) is 0. The van der Waals surface area contributed by atoms with Gasteiger partial charge in [-0.05, 0) is 0 Å². The zero-order valence-electron chi connectivity index (χ0n) is 4.71. The minimum absolute atomic E-state index is 0. The summed E-state index contributed by atoms with van der Waals surface area (Å²) in [5, 5.41) is 0.